The Morgan fingerprint density at radius 3 is 2.95 bits per heavy atom. The number of rotatable bonds is 5. The molecule has 5 heteroatoms. The first-order valence-corrected chi connectivity index (χ1v) is 7.76. The van der Waals surface area contributed by atoms with E-state index in [1.807, 2.05) is 24.6 Å². The van der Waals surface area contributed by atoms with Crippen LogP contribution in [0.25, 0.3) is 6.08 Å². The summed E-state index contributed by atoms with van der Waals surface area (Å²) in [5.74, 6) is 0.573. The summed E-state index contributed by atoms with van der Waals surface area (Å²) in [6.07, 6.45) is 5.48. The molecule has 0 saturated carbocycles. The maximum absolute atomic E-state index is 12.0. The van der Waals surface area contributed by atoms with Gasteiger partial charge in [0.15, 0.2) is 0 Å². The second-order valence-electron chi connectivity index (χ2n) is 5.12. The van der Waals surface area contributed by atoms with Crippen molar-refractivity contribution in [1.82, 2.24) is 4.90 Å². The van der Waals surface area contributed by atoms with Gasteiger partial charge in [0.25, 0.3) is 0 Å². The summed E-state index contributed by atoms with van der Waals surface area (Å²) < 4.78 is 5.32. The number of amides is 1. The smallest absolute Gasteiger partial charge is 0.246 e. The molecule has 2 heterocycles. The van der Waals surface area contributed by atoms with Gasteiger partial charge in [0, 0.05) is 37.8 Å². The van der Waals surface area contributed by atoms with Gasteiger partial charge in [-0.3, -0.25) is 4.79 Å². The van der Waals surface area contributed by atoms with E-state index in [9.17, 15) is 4.79 Å². The zero-order valence-electron chi connectivity index (χ0n) is 11.7. The summed E-state index contributed by atoms with van der Waals surface area (Å²) in [5, 5.41) is 10.9. The van der Waals surface area contributed by atoms with Gasteiger partial charge in [0.2, 0.25) is 5.91 Å². The van der Waals surface area contributed by atoms with Crippen molar-refractivity contribution in [3.05, 3.63) is 28.0 Å². The highest BCUT2D eigenvalue weighted by Crippen LogP contribution is 2.17. The van der Waals surface area contributed by atoms with Gasteiger partial charge in [-0.15, -0.1) is 11.3 Å². The Balaban J connectivity index is 1.83. The molecule has 1 fully saturated rings. The van der Waals surface area contributed by atoms with Gasteiger partial charge in [-0.05, 0) is 41.8 Å². The first kappa shape index (κ1) is 15.2. The molecule has 0 atom stereocenters. The SMILES string of the molecule is CN(CC1CCOCC1)C(=O)/C=C/c1cc(CO)cs1. The van der Waals surface area contributed by atoms with Crippen molar-refractivity contribution >= 4 is 23.3 Å². The Labute approximate surface area is 123 Å². The molecule has 1 aliphatic rings. The lowest BCUT2D eigenvalue weighted by molar-refractivity contribution is -0.125. The second-order valence-corrected chi connectivity index (χ2v) is 6.07. The van der Waals surface area contributed by atoms with Gasteiger partial charge in [-0.1, -0.05) is 0 Å². The normalized spacial score (nSPS) is 16.7. The summed E-state index contributed by atoms with van der Waals surface area (Å²) in [7, 11) is 1.84. The van der Waals surface area contributed by atoms with Crippen LogP contribution in [0.4, 0.5) is 0 Å². The molecule has 1 amide bonds. The third kappa shape index (κ3) is 4.44. The van der Waals surface area contributed by atoms with Gasteiger partial charge >= 0.3 is 0 Å². The van der Waals surface area contributed by atoms with Gasteiger partial charge in [0.1, 0.15) is 0 Å². The van der Waals surface area contributed by atoms with Crippen molar-refractivity contribution in [2.45, 2.75) is 19.4 Å². The molecule has 110 valence electrons. The third-order valence-corrected chi connectivity index (χ3v) is 4.44. The number of likely N-dealkylation sites (N-methyl/N-ethyl adjacent to an activating group) is 1. The maximum atomic E-state index is 12.0. The minimum Gasteiger partial charge on any atom is -0.392 e. The van der Waals surface area contributed by atoms with E-state index in [2.05, 4.69) is 0 Å². The number of carbonyl (C=O) groups excluding carboxylic acids is 1. The lowest BCUT2D eigenvalue weighted by Gasteiger charge is -2.26. The minimum absolute atomic E-state index is 0.0236. The van der Waals surface area contributed by atoms with Gasteiger partial charge in [-0.25, -0.2) is 0 Å². The Kier molecular flexibility index (Phi) is 5.76. The molecule has 0 bridgehead atoms. The number of thiophene rings is 1. The average molecular weight is 295 g/mol. The average Bonchev–Trinajstić information content (AvgIpc) is 2.93. The molecule has 0 spiro atoms. The van der Waals surface area contributed by atoms with E-state index in [1.54, 1.807) is 11.0 Å². The van der Waals surface area contributed by atoms with Crippen molar-refractivity contribution in [3.8, 4) is 0 Å². The van der Waals surface area contributed by atoms with Crippen LogP contribution in [0.2, 0.25) is 0 Å². The first-order chi connectivity index (χ1) is 9.69. The zero-order chi connectivity index (χ0) is 14.4. The maximum Gasteiger partial charge on any atom is 0.246 e. The van der Waals surface area contributed by atoms with Crippen LogP contribution in [0.15, 0.2) is 17.5 Å². The lowest BCUT2D eigenvalue weighted by Crippen LogP contribution is -2.33. The molecule has 1 N–H and O–H groups in total. The van der Waals surface area contributed by atoms with E-state index in [1.165, 1.54) is 11.3 Å². The summed E-state index contributed by atoms with van der Waals surface area (Å²) in [5.41, 5.74) is 0.887. The second kappa shape index (κ2) is 7.57. The first-order valence-electron chi connectivity index (χ1n) is 6.88. The molecule has 1 saturated heterocycles. The molecule has 4 nitrogen and oxygen atoms in total. The van der Waals surface area contributed by atoms with Gasteiger partial charge in [-0.2, -0.15) is 0 Å². The van der Waals surface area contributed by atoms with Crippen LogP contribution in [0.3, 0.4) is 0 Å². The fourth-order valence-corrected chi connectivity index (χ4v) is 3.05. The Morgan fingerprint density at radius 1 is 1.55 bits per heavy atom. The molecule has 0 aromatic carbocycles. The molecular formula is C15H21NO3S. The predicted molar refractivity (Wildman–Crippen MR) is 80.5 cm³/mol. The van der Waals surface area contributed by atoms with E-state index >= 15 is 0 Å². The predicted octanol–water partition coefficient (Wildman–Crippen LogP) is 2.14. The molecule has 1 aliphatic heterocycles. The number of aliphatic hydroxyl groups excluding tert-OH is 1. The fraction of sp³-hybridized carbons (Fsp3) is 0.533. The highest BCUT2D eigenvalue weighted by Gasteiger charge is 2.17. The topological polar surface area (TPSA) is 49.8 Å². The molecule has 0 aliphatic carbocycles. The fourth-order valence-electron chi connectivity index (χ4n) is 2.25. The van der Waals surface area contributed by atoms with E-state index in [0.717, 1.165) is 43.0 Å². The molecule has 0 radical (unpaired) electrons. The molecule has 0 unspecified atom stereocenters. The van der Waals surface area contributed by atoms with E-state index in [4.69, 9.17) is 9.84 Å². The number of hydrogen-bond donors (Lipinski definition) is 1. The van der Waals surface area contributed by atoms with E-state index in [0.29, 0.717) is 5.92 Å². The van der Waals surface area contributed by atoms with E-state index in [-0.39, 0.29) is 12.5 Å². The largest absolute Gasteiger partial charge is 0.392 e. The summed E-state index contributed by atoms with van der Waals surface area (Å²) >= 11 is 1.53. The summed E-state index contributed by atoms with van der Waals surface area (Å²) in [4.78, 5) is 14.8. The van der Waals surface area contributed by atoms with Crippen LogP contribution in [0.1, 0.15) is 23.3 Å². The quantitative estimate of drug-likeness (QED) is 0.847. The van der Waals surface area contributed by atoms with E-state index < -0.39 is 0 Å². The van der Waals surface area contributed by atoms with Gasteiger partial charge < -0.3 is 14.7 Å². The molecular weight excluding hydrogens is 274 g/mol. The van der Waals surface area contributed by atoms with Crippen LogP contribution < -0.4 is 0 Å². The Bertz CT molecular complexity index is 463. The minimum atomic E-state index is 0.0236. The van der Waals surface area contributed by atoms with Crippen molar-refractivity contribution in [3.63, 3.8) is 0 Å². The third-order valence-electron chi connectivity index (χ3n) is 3.50. The van der Waals surface area contributed by atoms with Gasteiger partial charge in [0.05, 0.1) is 6.61 Å². The highest BCUT2D eigenvalue weighted by molar-refractivity contribution is 7.11. The van der Waals surface area contributed by atoms with Crippen LogP contribution >= 0.6 is 11.3 Å². The zero-order valence-corrected chi connectivity index (χ0v) is 12.6. The molecule has 1 aromatic heterocycles. The summed E-state index contributed by atoms with van der Waals surface area (Å²) in [6, 6.07) is 1.90. The number of nitrogens with zero attached hydrogens (tertiary/aromatic N) is 1. The number of ether oxygens (including phenoxy) is 1. The van der Waals surface area contributed by atoms with Crippen molar-refractivity contribution in [2.24, 2.45) is 5.92 Å². The lowest BCUT2D eigenvalue weighted by atomic mass is 10.00. The van der Waals surface area contributed by atoms with Crippen LogP contribution in [-0.4, -0.2) is 42.7 Å². The van der Waals surface area contributed by atoms with Crippen LogP contribution in [0, 0.1) is 5.92 Å². The number of aliphatic hydroxyl groups is 1. The molecule has 20 heavy (non-hydrogen) atoms. The van der Waals surface area contributed by atoms with Crippen molar-refractivity contribution in [1.29, 1.82) is 0 Å². The standard InChI is InChI=1S/C15H21NO3S/c1-16(9-12-4-6-19-7-5-12)15(18)3-2-14-8-13(10-17)11-20-14/h2-3,8,11-12,17H,4-7,9-10H2,1H3/b3-2+. The monoisotopic (exact) mass is 295 g/mol. The summed E-state index contributed by atoms with van der Waals surface area (Å²) in [6.45, 7) is 2.45. The molecule has 1 aromatic rings. The highest BCUT2D eigenvalue weighted by atomic mass is 32.1. The molecule has 2 rings (SSSR count). The van der Waals surface area contributed by atoms with Crippen LogP contribution in [-0.2, 0) is 16.1 Å². The van der Waals surface area contributed by atoms with Crippen molar-refractivity contribution in [2.75, 3.05) is 26.8 Å². The van der Waals surface area contributed by atoms with Crippen molar-refractivity contribution < 1.29 is 14.6 Å². The number of carbonyl (C=O) groups is 1. The number of hydrogen-bond acceptors (Lipinski definition) is 4. The Hall–Kier alpha value is -1.17. The Morgan fingerprint density at radius 2 is 2.30 bits per heavy atom. The van der Waals surface area contributed by atoms with Crippen LogP contribution in [0.5, 0.6) is 0 Å².